The zero-order valence-corrected chi connectivity index (χ0v) is 9.19. The molecular formula is C9H17N3S. The molecule has 0 aliphatic heterocycles. The molecule has 1 heterocycles. The number of nitrogens with one attached hydrogen (secondary N) is 1. The first-order valence-corrected chi connectivity index (χ1v) is 5.25. The predicted molar refractivity (Wildman–Crippen MR) is 56.4 cm³/mol. The lowest BCUT2D eigenvalue weighted by Gasteiger charge is -2.29. The van der Waals surface area contributed by atoms with Gasteiger partial charge < -0.3 is 0 Å². The molecule has 0 aliphatic carbocycles. The standard InChI is InChI=1S/C9H17N3S/c1-9(2,3)8(12-10)4-7-5-11-6-13-7/h5-6,8,12H,4,10H2,1-3H3. The molecule has 0 saturated heterocycles. The van der Waals surface area contributed by atoms with Gasteiger partial charge >= 0.3 is 0 Å². The van der Waals surface area contributed by atoms with E-state index in [0.717, 1.165) is 6.42 Å². The molecule has 4 heteroatoms. The fourth-order valence-corrected chi connectivity index (χ4v) is 1.80. The molecule has 0 spiro atoms. The summed E-state index contributed by atoms with van der Waals surface area (Å²) in [7, 11) is 0. The van der Waals surface area contributed by atoms with Crippen LogP contribution < -0.4 is 11.3 Å². The Balaban J connectivity index is 2.60. The van der Waals surface area contributed by atoms with Gasteiger partial charge in [-0.15, -0.1) is 11.3 Å². The average molecular weight is 199 g/mol. The lowest BCUT2D eigenvalue weighted by molar-refractivity contribution is 0.270. The van der Waals surface area contributed by atoms with E-state index >= 15 is 0 Å². The molecule has 3 nitrogen and oxygen atoms in total. The SMILES string of the molecule is CC(C)(C)C(Cc1cncs1)NN. The molecule has 0 radical (unpaired) electrons. The fourth-order valence-electron chi connectivity index (χ4n) is 1.16. The molecule has 0 saturated carbocycles. The second-order valence-electron chi connectivity index (χ2n) is 4.26. The highest BCUT2D eigenvalue weighted by molar-refractivity contribution is 7.09. The minimum absolute atomic E-state index is 0.179. The zero-order chi connectivity index (χ0) is 9.90. The molecule has 1 aromatic heterocycles. The van der Waals surface area contributed by atoms with E-state index in [1.54, 1.807) is 11.3 Å². The van der Waals surface area contributed by atoms with Gasteiger partial charge in [0.25, 0.3) is 0 Å². The first-order chi connectivity index (χ1) is 6.04. The van der Waals surface area contributed by atoms with E-state index in [1.807, 2.05) is 11.7 Å². The molecule has 3 N–H and O–H groups in total. The lowest BCUT2D eigenvalue weighted by atomic mass is 9.85. The maximum absolute atomic E-state index is 5.51. The maximum atomic E-state index is 5.51. The topological polar surface area (TPSA) is 50.9 Å². The first kappa shape index (κ1) is 10.6. The summed E-state index contributed by atoms with van der Waals surface area (Å²) in [6.45, 7) is 6.54. The predicted octanol–water partition coefficient (Wildman–Crippen LogP) is 1.56. The summed E-state index contributed by atoms with van der Waals surface area (Å²) in [5.41, 5.74) is 4.89. The summed E-state index contributed by atoms with van der Waals surface area (Å²) < 4.78 is 0. The van der Waals surface area contributed by atoms with E-state index in [4.69, 9.17) is 5.84 Å². The third kappa shape index (κ3) is 3.06. The summed E-state index contributed by atoms with van der Waals surface area (Å²) in [6.07, 6.45) is 2.85. The van der Waals surface area contributed by atoms with Crippen molar-refractivity contribution in [1.82, 2.24) is 10.4 Å². The minimum Gasteiger partial charge on any atom is -0.271 e. The van der Waals surface area contributed by atoms with Gasteiger partial charge in [0, 0.05) is 23.5 Å². The largest absolute Gasteiger partial charge is 0.271 e. The quantitative estimate of drug-likeness (QED) is 0.574. The van der Waals surface area contributed by atoms with Crippen LogP contribution in [0.25, 0.3) is 0 Å². The van der Waals surface area contributed by atoms with Crippen molar-refractivity contribution in [3.63, 3.8) is 0 Å². The molecule has 0 aromatic carbocycles. The van der Waals surface area contributed by atoms with Crippen LogP contribution in [0, 0.1) is 5.41 Å². The van der Waals surface area contributed by atoms with Crippen molar-refractivity contribution in [3.8, 4) is 0 Å². The Labute approximate surface area is 83.3 Å². The molecule has 1 atom stereocenters. The van der Waals surface area contributed by atoms with Gasteiger partial charge in [-0.3, -0.25) is 16.3 Å². The van der Waals surface area contributed by atoms with Gasteiger partial charge in [-0.2, -0.15) is 0 Å². The molecule has 13 heavy (non-hydrogen) atoms. The zero-order valence-electron chi connectivity index (χ0n) is 8.37. The molecule has 1 rings (SSSR count). The molecule has 0 bridgehead atoms. The normalized spacial score (nSPS) is 14.5. The van der Waals surface area contributed by atoms with Crippen molar-refractivity contribution in [3.05, 3.63) is 16.6 Å². The Morgan fingerprint density at radius 1 is 1.62 bits per heavy atom. The molecule has 1 unspecified atom stereocenters. The van der Waals surface area contributed by atoms with E-state index in [9.17, 15) is 0 Å². The molecular weight excluding hydrogens is 182 g/mol. The van der Waals surface area contributed by atoms with E-state index in [1.165, 1.54) is 4.88 Å². The number of aromatic nitrogens is 1. The van der Waals surface area contributed by atoms with Crippen molar-refractivity contribution in [1.29, 1.82) is 0 Å². The average Bonchev–Trinajstić information content (AvgIpc) is 2.49. The van der Waals surface area contributed by atoms with Crippen molar-refractivity contribution < 1.29 is 0 Å². The van der Waals surface area contributed by atoms with Crippen LogP contribution in [0.2, 0.25) is 0 Å². The van der Waals surface area contributed by atoms with Gasteiger partial charge in [-0.1, -0.05) is 20.8 Å². The highest BCUT2D eigenvalue weighted by atomic mass is 32.1. The van der Waals surface area contributed by atoms with Gasteiger partial charge in [0.2, 0.25) is 0 Å². The van der Waals surface area contributed by atoms with Crippen molar-refractivity contribution in [2.75, 3.05) is 0 Å². The Kier molecular flexibility index (Phi) is 3.41. The van der Waals surface area contributed by atoms with E-state index in [0.29, 0.717) is 6.04 Å². The summed E-state index contributed by atoms with van der Waals surface area (Å²) in [4.78, 5) is 5.32. The third-order valence-corrected chi connectivity index (χ3v) is 2.94. The van der Waals surface area contributed by atoms with E-state index in [-0.39, 0.29) is 5.41 Å². The minimum atomic E-state index is 0.179. The maximum Gasteiger partial charge on any atom is 0.0794 e. The Hall–Kier alpha value is -0.450. The smallest absolute Gasteiger partial charge is 0.0794 e. The van der Waals surface area contributed by atoms with E-state index in [2.05, 4.69) is 31.2 Å². The van der Waals surface area contributed by atoms with Crippen LogP contribution in [-0.2, 0) is 6.42 Å². The summed E-state index contributed by atoms with van der Waals surface area (Å²) >= 11 is 1.68. The van der Waals surface area contributed by atoms with Crippen molar-refractivity contribution >= 4 is 11.3 Å². The Morgan fingerprint density at radius 2 is 2.31 bits per heavy atom. The number of hydrogen-bond acceptors (Lipinski definition) is 4. The van der Waals surface area contributed by atoms with Crippen LogP contribution in [0.4, 0.5) is 0 Å². The summed E-state index contributed by atoms with van der Waals surface area (Å²) in [5, 5.41) is 0. The molecule has 0 amide bonds. The molecule has 0 fully saturated rings. The molecule has 1 aromatic rings. The monoisotopic (exact) mass is 199 g/mol. The fraction of sp³-hybridized carbons (Fsp3) is 0.667. The Morgan fingerprint density at radius 3 is 2.69 bits per heavy atom. The van der Waals surface area contributed by atoms with E-state index < -0.39 is 0 Å². The summed E-state index contributed by atoms with van der Waals surface area (Å²) in [5.74, 6) is 5.51. The number of hydrazine groups is 1. The molecule has 74 valence electrons. The number of rotatable bonds is 3. The number of hydrogen-bond donors (Lipinski definition) is 2. The van der Waals surface area contributed by atoms with Crippen LogP contribution in [0.3, 0.4) is 0 Å². The van der Waals surface area contributed by atoms with Crippen LogP contribution in [0.1, 0.15) is 25.6 Å². The summed E-state index contributed by atoms with van der Waals surface area (Å²) in [6, 6.07) is 0.299. The third-order valence-electron chi connectivity index (χ3n) is 2.14. The number of nitrogens with two attached hydrogens (primary N) is 1. The van der Waals surface area contributed by atoms with Gasteiger partial charge in [-0.25, -0.2) is 0 Å². The highest BCUT2D eigenvalue weighted by Crippen LogP contribution is 2.22. The Bertz CT molecular complexity index is 238. The number of nitrogens with zero attached hydrogens (tertiary/aromatic N) is 1. The van der Waals surface area contributed by atoms with Gasteiger partial charge in [0.1, 0.15) is 0 Å². The van der Waals surface area contributed by atoms with Crippen molar-refractivity contribution in [2.24, 2.45) is 11.3 Å². The van der Waals surface area contributed by atoms with Crippen LogP contribution >= 0.6 is 11.3 Å². The second kappa shape index (κ2) is 4.17. The van der Waals surface area contributed by atoms with Gasteiger partial charge in [-0.05, 0) is 5.41 Å². The van der Waals surface area contributed by atoms with Gasteiger partial charge in [0.15, 0.2) is 0 Å². The second-order valence-corrected chi connectivity index (χ2v) is 5.23. The molecule has 0 aliphatic rings. The van der Waals surface area contributed by atoms with Crippen LogP contribution in [-0.4, -0.2) is 11.0 Å². The van der Waals surface area contributed by atoms with Crippen LogP contribution in [0.5, 0.6) is 0 Å². The first-order valence-electron chi connectivity index (χ1n) is 4.37. The van der Waals surface area contributed by atoms with Crippen LogP contribution in [0.15, 0.2) is 11.7 Å². The number of thiazole rings is 1. The highest BCUT2D eigenvalue weighted by Gasteiger charge is 2.23. The van der Waals surface area contributed by atoms with Crippen molar-refractivity contribution in [2.45, 2.75) is 33.2 Å². The van der Waals surface area contributed by atoms with Gasteiger partial charge in [0.05, 0.1) is 5.51 Å². The lowest BCUT2D eigenvalue weighted by Crippen LogP contribution is -2.45.